The molecule has 1 aliphatic heterocycles. The minimum Gasteiger partial charge on any atom is -0.481 e. The molecule has 182 valence electrons. The summed E-state index contributed by atoms with van der Waals surface area (Å²) in [7, 11) is 0. The van der Waals surface area contributed by atoms with Gasteiger partial charge in [0.25, 0.3) is 0 Å². The molecule has 4 aromatic rings. The number of aliphatic carboxylic acids is 1. The van der Waals surface area contributed by atoms with Crippen molar-refractivity contribution in [1.29, 1.82) is 0 Å². The molecule has 2 aromatic carbocycles. The van der Waals surface area contributed by atoms with Crippen LogP contribution in [0.5, 0.6) is 0 Å². The van der Waals surface area contributed by atoms with Crippen LogP contribution in [0.3, 0.4) is 0 Å². The lowest BCUT2D eigenvalue weighted by atomic mass is 9.84. The first-order chi connectivity index (χ1) is 17.0. The Morgan fingerprint density at radius 3 is 2.83 bits per heavy atom. The van der Waals surface area contributed by atoms with E-state index in [0.717, 1.165) is 66.0 Å². The number of fused-ring (bicyclic) bond motifs is 1. The number of ether oxygens (including phenoxy) is 1. The Morgan fingerprint density at radius 1 is 1.20 bits per heavy atom. The van der Waals surface area contributed by atoms with E-state index in [0.29, 0.717) is 12.5 Å². The third-order valence-electron chi connectivity index (χ3n) is 7.27. The summed E-state index contributed by atoms with van der Waals surface area (Å²) >= 11 is 0. The van der Waals surface area contributed by atoms with Gasteiger partial charge in [0, 0.05) is 44.5 Å². The van der Waals surface area contributed by atoms with E-state index in [-0.39, 0.29) is 12.3 Å². The minimum absolute atomic E-state index is 0.00672. The second kappa shape index (κ2) is 10.00. The Morgan fingerprint density at radius 2 is 2.03 bits per heavy atom. The van der Waals surface area contributed by atoms with E-state index in [4.69, 9.17) is 4.74 Å². The van der Waals surface area contributed by atoms with Crippen LogP contribution in [0.15, 0.2) is 42.7 Å². The van der Waals surface area contributed by atoms with Gasteiger partial charge in [-0.1, -0.05) is 24.3 Å². The molecule has 8 nitrogen and oxygen atoms in total. The quantitative estimate of drug-likeness (QED) is 0.393. The van der Waals surface area contributed by atoms with Crippen molar-refractivity contribution >= 4 is 17.0 Å². The van der Waals surface area contributed by atoms with E-state index in [1.807, 2.05) is 31.5 Å². The smallest absolute Gasteiger partial charge is 0.304 e. The van der Waals surface area contributed by atoms with E-state index in [2.05, 4.69) is 50.1 Å². The Balaban J connectivity index is 1.46. The van der Waals surface area contributed by atoms with Crippen molar-refractivity contribution in [3.05, 3.63) is 76.4 Å². The summed E-state index contributed by atoms with van der Waals surface area (Å²) in [5.74, 6) is 0.588. The third-order valence-corrected chi connectivity index (χ3v) is 7.27. The number of benzene rings is 2. The van der Waals surface area contributed by atoms with Gasteiger partial charge in [-0.3, -0.25) is 4.79 Å². The predicted molar refractivity (Wildman–Crippen MR) is 132 cm³/mol. The molecule has 1 unspecified atom stereocenters. The number of carbonyl (C=O) groups is 1. The molecule has 0 radical (unpaired) electrons. The van der Waals surface area contributed by atoms with Crippen LogP contribution in [0.2, 0.25) is 0 Å². The topological polar surface area (TPSA) is 106 Å². The molecule has 0 bridgehead atoms. The van der Waals surface area contributed by atoms with E-state index in [1.54, 1.807) is 0 Å². The lowest BCUT2D eigenvalue weighted by Gasteiger charge is -2.22. The van der Waals surface area contributed by atoms with Gasteiger partial charge >= 0.3 is 5.97 Å². The number of hydrogen-bond acceptors (Lipinski definition) is 5. The van der Waals surface area contributed by atoms with E-state index < -0.39 is 5.97 Å². The first-order valence-electron chi connectivity index (χ1n) is 12.2. The zero-order chi connectivity index (χ0) is 24.4. The molecule has 0 saturated carbocycles. The van der Waals surface area contributed by atoms with Crippen molar-refractivity contribution in [2.75, 3.05) is 13.2 Å². The molecular formula is C27H31N5O3. The summed E-state index contributed by atoms with van der Waals surface area (Å²) in [6.07, 6.45) is 7.02. The first-order valence-corrected chi connectivity index (χ1v) is 12.2. The largest absolute Gasteiger partial charge is 0.481 e. The minimum atomic E-state index is -0.829. The van der Waals surface area contributed by atoms with Crippen LogP contribution in [0.4, 0.5) is 0 Å². The lowest BCUT2D eigenvalue weighted by molar-refractivity contribution is -0.137. The average Bonchev–Trinajstić information content (AvgIpc) is 3.50. The van der Waals surface area contributed by atoms with Crippen LogP contribution in [0.25, 0.3) is 11.0 Å². The van der Waals surface area contributed by atoms with Crippen molar-refractivity contribution in [2.45, 2.75) is 52.0 Å². The zero-order valence-corrected chi connectivity index (χ0v) is 20.2. The molecule has 35 heavy (non-hydrogen) atoms. The first kappa shape index (κ1) is 23.2. The number of aromatic amines is 1. The lowest BCUT2D eigenvalue weighted by Crippen LogP contribution is -2.19. The second-order valence-corrected chi connectivity index (χ2v) is 9.54. The van der Waals surface area contributed by atoms with Crippen LogP contribution < -0.4 is 0 Å². The fourth-order valence-corrected chi connectivity index (χ4v) is 5.17. The number of hydrogen-bond donors (Lipinski definition) is 2. The van der Waals surface area contributed by atoms with Crippen molar-refractivity contribution in [3.63, 3.8) is 0 Å². The third kappa shape index (κ3) is 4.98. The zero-order valence-electron chi connectivity index (χ0n) is 20.2. The van der Waals surface area contributed by atoms with Gasteiger partial charge in [0.1, 0.15) is 16.9 Å². The molecule has 2 aromatic heterocycles. The Labute approximate surface area is 204 Å². The SMILES string of the molecule is Cc1ccc(C(CC(=O)O)c2ccc3n[nH]nc3c2C)cc1Cn1ccnc1CC1CCOCC1. The van der Waals surface area contributed by atoms with Crippen LogP contribution in [-0.4, -0.2) is 49.3 Å². The number of carboxylic acids is 1. The molecule has 1 aliphatic rings. The van der Waals surface area contributed by atoms with E-state index in [1.165, 1.54) is 11.1 Å². The molecule has 2 N–H and O–H groups in total. The molecule has 1 fully saturated rings. The average molecular weight is 474 g/mol. The molecule has 5 rings (SSSR count). The molecule has 1 atom stereocenters. The summed E-state index contributed by atoms with van der Waals surface area (Å²) in [5, 5.41) is 20.8. The fraction of sp³-hybridized carbons (Fsp3) is 0.407. The Bertz CT molecular complexity index is 1340. The number of imidazole rings is 1. The fourth-order valence-electron chi connectivity index (χ4n) is 5.17. The maximum atomic E-state index is 11.9. The van der Waals surface area contributed by atoms with Gasteiger partial charge in [0.2, 0.25) is 0 Å². The normalized spacial score (nSPS) is 15.5. The summed E-state index contributed by atoms with van der Waals surface area (Å²) in [6.45, 7) is 6.46. The summed E-state index contributed by atoms with van der Waals surface area (Å²) in [6, 6.07) is 10.2. The maximum absolute atomic E-state index is 11.9. The highest BCUT2D eigenvalue weighted by molar-refractivity contribution is 5.79. The monoisotopic (exact) mass is 473 g/mol. The molecule has 8 heteroatoms. The van der Waals surface area contributed by atoms with Gasteiger partial charge in [0.05, 0.1) is 6.42 Å². The number of rotatable bonds is 8. The molecule has 0 aliphatic carbocycles. The molecule has 0 amide bonds. The van der Waals surface area contributed by atoms with Crippen LogP contribution >= 0.6 is 0 Å². The van der Waals surface area contributed by atoms with Crippen LogP contribution in [-0.2, 0) is 22.5 Å². The number of nitrogens with one attached hydrogen (secondary N) is 1. The van der Waals surface area contributed by atoms with Crippen molar-refractivity contribution in [3.8, 4) is 0 Å². The van der Waals surface area contributed by atoms with Gasteiger partial charge in [-0.15, -0.1) is 0 Å². The standard InChI is InChI=1S/C27H31N5O3/c1-17-3-4-20(23(15-26(33)34)22-5-6-24-27(18(22)2)30-31-29-24)14-21(17)16-32-10-9-28-25(32)13-19-7-11-35-12-8-19/h3-6,9-10,14,19,23H,7-8,11-13,15-16H2,1-2H3,(H,33,34)(H,29,30,31). The van der Waals surface area contributed by atoms with Gasteiger partial charge in [-0.25, -0.2) is 4.98 Å². The number of aryl methyl sites for hydroxylation is 2. The summed E-state index contributed by atoms with van der Waals surface area (Å²) in [4.78, 5) is 16.5. The molecule has 1 saturated heterocycles. The number of carboxylic acid groups (broad SMARTS) is 1. The molecule has 0 spiro atoms. The van der Waals surface area contributed by atoms with Crippen LogP contribution in [0, 0.1) is 19.8 Å². The Kier molecular flexibility index (Phi) is 6.63. The van der Waals surface area contributed by atoms with Crippen LogP contribution in [0.1, 0.15) is 58.8 Å². The van der Waals surface area contributed by atoms with Gasteiger partial charge in [0.15, 0.2) is 0 Å². The van der Waals surface area contributed by atoms with Crippen molar-refractivity contribution < 1.29 is 14.6 Å². The number of H-pyrrole nitrogens is 1. The highest BCUT2D eigenvalue weighted by atomic mass is 16.5. The maximum Gasteiger partial charge on any atom is 0.304 e. The second-order valence-electron chi connectivity index (χ2n) is 9.54. The van der Waals surface area contributed by atoms with Gasteiger partial charge < -0.3 is 14.4 Å². The highest BCUT2D eigenvalue weighted by Crippen LogP contribution is 2.34. The summed E-state index contributed by atoms with van der Waals surface area (Å²) in [5.41, 5.74) is 6.82. The highest BCUT2D eigenvalue weighted by Gasteiger charge is 2.23. The number of nitrogens with zero attached hydrogens (tertiary/aromatic N) is 4. The van der Waals surface area contributed by atoms with Gasteiger partial charge in [-0.2, -0.15) is 15.4 Å². The van der Waals surface area contributed by atoms with Crippen molar-refractivity contribution in [1.82, 2.24) is 25.0 Å². The van der Waals surface area contributed by atoms with E-state index in [9.17, 15) is 9.90 Å². The van der Waals surface area contributed by atoms with Gasteiger partial charge in [-0.05, 0) is 66.5 Å². The summed E-state index contributed by atoms with van der Waals surface area (Å²) < 4.78 is 7.73. The van der Waals surface area contributed by atoms with E-state index >= 15 is 0 Å². The molecule has 3 heterocycles. The predicted octanol–water partition coefficient (Wildman–Crippen LogP) is 4.40. The van der Waals surface area contributed by atoms with Crippen molar-refractivity contribution in [2.24, 2.45) is 5.92 Å². The number of aromatic nitrogens is 5. The Hall–Kier alpha value is -3.52. The molecular weight excluding hydrogens is 442 g/mol.